The van der Waals surface area contributed by atoms with E-state index in [0.717, 1.165) is 12.1 Å². The van der Waals surface area contributed by atoms with Crippen LogP contribution >= 0.6 is 0 Å². The lowest BCUT2D eigenvalue weighted by atomic mass is 9.92. The van der Waals surface area contributed by atoms with E-state index in [1.807, 2.05) is 0 Å². The molecular weight excluding hydrogens is 578 g/mol. The molecule has 2 aromatic carbocycles. The van der Waals surface area contributed by atoms with E-state index in [0.29, 0.717) is 29.9 Å². The number of ether oxygens (including phenoxy) is 1. The molecule has 0 amide bonds. The number of halogens is 2. The summed E-state index contributed by atoms with van der Waals surface area (Å²) in [4.78, 5) is 13.5. The van der Waals surface area contributed by atoms with Crippen molar-refractivity contribution in [2.24, 2.45) is 0 Å². The lowest BCUT2D eigenvalue weighted by Gasteiger charge is -2.26. The van der Waals surface area contributed by atoms with Crippen LogP contribution in [0.15, 0.2) is 70.9 Å². The molecule has 3 aliphatic heterocycles. The number of allylic oxidation sites excluding steroid dienone is 2. The van der Waals surface area contributed by atoms with Gasteiger partial charge in [0.05, 0.1) is 35.1 Å². The van der Waals surface area contributed by atoms with Crippen molar-refractivity contribution in [2.45, 2.75) is 24.4 Å². The lowest BCUT2D eigenvalue weighted by Crippen LogP contribution is -2.40. The number of dihydropyridines is 1. The summed E-state index contributed by atoms with van der Waals surface area (Å²) in [6.07, 6.45) is 4.43. The zero-order valence-electron chi connectivity index (χ0n) is 22.0. The third-order valence-corrected chi connectivity index (χ3v) is 10.2. The van der Waals surface area contributed by atoms with Gasteiger partial charge in [-0.25, -0.2) is 25.6 Å². The molecule has 1 fully saturated rings. The number of nitrogens with zero attached hydrogens (tertiary/aromatic N) is 1. The molecule has 0 saturated carbocycles. The van der Waals surface area contributed by atoms with Gasteiger partial charge in [0, 0.05) is 36.6 Å². The first-order valence-corrected chi connectivity index (χ1v) is 16.0. The first kappa shape index (κ1) is 28.9. The molecule has 2 aromatic rings. The van der Waals surface area contributed by atoms with E-state index in [9.17, 15) is 26.0 Å². The van der Waals surface area contributed by atoms with E-state index in [1.54, 1.807) is 31.3 Å². The van der Waals surface area contributed by atoms with Gasteiger partial charge in [-0.1, -0.05) is 19.1 Å². The molecule has 1 unspecified atom stereocenters. The van der Waals surface area contributed by atoms with Gasteiger partial charge in [-0.05, 0) is 47.9 Å². The van der Waals surface area contributed by atoms with E-state index in [-0.39, 0.29) is 35.7 Å². The zero-order valence-corrected chi connectivity index (χ0v) is 23.6. The van der Waals surface area contributed by atoms with Crippen molar-refractivity contribution in [3.8, 4) is 0 Å². The Morgan fingerprint density at radius 3 is 2.39 bits per heavy atom. The average molecular weight is 607 g/mol. The quantitative estimate of drug-likeness (QED) is 0.371. The molecule has 14 heteroatoms. The molecule has 5 rings (SSSR count). The Kier molecular flexibility index (Phi) is 8.01. The number of carbonyl (C=O) groups excluding carboxylic acids is 1. The van der Waals surface area contributed by atoms with Crippen molar-refractivity contribution in [3.05, 3.63) is 88.8 Å². The molecule has 3 heterocycles. The number of hydrogen-bond acceptors (Lipinski definition) is 8. The van der Waals surface area contributed by atoms with Crippen molar-refractivity contribution in [1.29, 1.82) is 0 Å². The molecule has 0 spiro atoms. The summed E-state index contributed by atoms with van der Waals surface area (Å²) in [5.74, 6) is -3.67. The molecule has 41 heavy (non-hydrogen) atoms. The summed E-state index contributed by atoms with van der Waals surface area (Å²) in [6.45, 7) is 2.86. The van der Waals surface area contributed by atoms with Crippen molar-refractivity contribution in [1.82, 2.24) is 14.9 Å². The Morgan fingerprint density at radius 2 is 1.71 bits per heavy atom. The number of benzene rings is 2. The zero-order chi connectivity index (χ0) is 29.4. The highest BCUT2D eigenvalue weighted by Crippen LogP contribution is 2.33. The Balaban J connectivity index is 1.40. The monoisotopic (exact) mass is 606 g/mol. The number of morpholine rings is 1. The minimum atomic E-state index is -3.88. The van der Waals surface area contributed by atoms with Gasteiger partial charge in [-0.2, -0.15) is 4.31 Å². The number of hydrogen-bond donors (Lipinski definition) is 3. The fraction of sp³-hybridized carbons (Fsp3) is 0.296. The van der Waals surface area contributed by atoms with Crippen LogP contribution in [0.3, 0.4) is 0 Å². The van der Waals surface area contributed by atoms with Crippen LogP contribution in [0.5, 0.6) is 0 Å². The first-order valence-electron chi connectivity index (χ1n) is 12.9. The van der Waals surface area contributed by atoms with Crippen molar-refractivity contribution in [3.63, 3.8) is 0 Å². The molecule has 0 aromatic heterocycles. The van der Waals surface area contributed by atoms with Crippen LogP contribution < -0.4 is 15.4 Å². The van der Waals surface area contributed by atoms with Crippen molar-refractivity contribution < 1.29 is 35.1 Å². The maximum Gasteiger partial charge on any atom is 0.243 e. The molecule has 10 nitrogen and oxygen atoms in total. The number of ketones is 1. The molecule has 1 atom stereocenters. The van der Waals surface area contributed by atoms with Gasteiger partial charge in [0.2, 0.25) is 25.8 Å². The second-order valence-electron chi connectivity index (χ2n) is 9.60. The van der Waals surface area contributed by atoms with Gasteiger partial charge < -0.3 is 15.4 Å². The van der Waals surface area contributed by atoms with E-state index >= 15 is 4.39 Å². The van der Waals surface area contributed by atoms with Crippen LogP contribution in [0.25, 0.3) is 5.57 Å². The van der Waals surface area contributed by atoms with Gasteiger partial charge in [0.25, 0.3) is 0 Å². The normalized spacial score (nSPS) is 19.3. The summed E-state index contributed by atoms with van der Waals surface area (Å²) >= 11 is 0. The topological polar surface area (TPSA) is 134 Å². The smallest absolute Gasteiger partial charge is 0.243 e. The van der Waals surface area contributed by atoms with Crippen LogP contribution in [0.2, 0.25) is 0 Å². The third-order valence-electron chi connectivity index (χ3n) is 6.83. The maximum atomic E-state index is 15.3. The fourth-order valence-corrected chi connectivity index (χ4v) is 7.30. The van der Waals surface area contributed by atoms with Crippen LogP contribution in [0, 0.1) is 11.6 Å². The third kappa shape index (κ3) is 5.77. The Labute approximate surface area is 236 Å². The molecular formula is C27H28F2N4O6S2. The molecule has 1 saturated heterocycles. The second-order valence-corrected chi connectivity index (χ2v) is 13.4. The highest BCUT2D eigenvalue weighted by atomic mass is 32.2. The minimum absolute atomic E-state index is 0.00835. The summed E-state index contributed by atoms with van der Waals surface area (Å²) < 4.78 is 88.9. The van der Waals surface area contributed by atoms with E-state index < -0.39 is 54.9 Å². The van der Waals surface area contributed by atoms with Crippen molar-refractivity contribution >= 4 is 37.1 Å². The lowest BCUT2D eigenvalue weighted by molar-refractivity contribution is 0.0730. The maximum absolute atomic E-state index is 15.3. The number of carbonyl (C=O) groups is 1. The molecule has 218 valence electrons. The van der Waals surface area contributed by atoms with Crippen LogP contribution in [0.1, 0.15) is 29.3 Å². The Bertz CT molecular complexity index is 1680. The number of rotatable bonds is 9. The van der Waals surface area contributed by atoms with Gasteiger partial charge in [0.1, 0.15) is 12.0 Å². The summed E-state index contributed by atoms with van der Waals surface area (Å²) in [6, 6.07) is 8.04. The largest absolute Gasteiger partial charge is 0.379 e. The second kappa shape index (κ2) is 11.4. The minimum Gasteiger partial charge on any atom is -0.379 e. The highest BCUT2D eigenvalue weighted by molar-refractivity contribution is 7.92. The summed E-state index contributed by atoms with van der Waals surface area (Å²) in [5.41, 5.74) is 0.253. The highest BCUT2D eigenvalue weighted by Gasteiger charge is 2.34. The van der Waals surface area contributed by atoms with Gasteiger partial charge in [0.15, 0.2) is 5.82 Å². The number of Topliss-reactive ketones (excluding diaryl/α,β-unsaturated/α-hetero) is 1. The van der Waals surface area contributed by atoms with Crippen LogP contribution in [0.4, 0.5) is 14.5 Å². The number of sulfonamides is 2. The molecule has 0 bridgehead atoms. The molecule has 0 radical (unpaired) electrons. The SMILES string of the molecule is CCCS(=O)(=O)Nc1ccc(F)c(C(=O)C2=CNC3NC=C(c4ccc(S(=O)(=O)N5CCOCC5)cc4)C=C23)c1F. The fourth-order valence-electron chi connectivity index (χ4n) is 4.76. The van der Waals surface area contributed by atoms with Crippen molar-refractivity contribution in [2.75, 3.05) is 36.8 Å². The summed E-state index contributed by atoms with van der Waals surface area (Å²) in [7, 11) is -7.56. The molecule has 3 aliphatic rings. The van der Waals surface area contributed by atoms with E-state index in [4.69, 9.17) is 4.74 Å². The van der Waals surface area contributed by atoms with Gasteiger partial charge in [-0.3, -0.25) is 9.52 Å². The Morgan fingerprint density at radius 1 is 1.02 bits per heavy atom. The average Bonchev–Trinajstić information content (AvgIpc) is 3.38. The standard InChI is InChI=1S/C27H28F2N4O6S2/c1-2-13-40(35,36)32-23-8-7-22(28)24(25(23)29)26(34)21-16-31-27-20(21)14-18(15-30-27)17-3-5-19(6-4-17)41(37,38)33-9-11-39-12-10-33/h3-8,14-16,27,30-32H,2,9-13H2,1H3. The molecule has 0 aliphatic carbocycles. The van der Waals surface area contributed by atoms with Gasteiger partial charge in [-0.15, -0.1) is 0 Å². The molecule has 3 N–H and O–H groups in total. The number of nitrogens with one attached hydrogen (secondary N) is 3. The van der Waals surface area contributed by atoms with Gasteiger partial charge >= 0.3 is 0 Å². The van der Waals surface area contributed by atoms with Crippen LogP contribution in [-0.4, -0.2) is 65.1 Å². The van der Waals surface area contributed by atoms with E-state index in [2.05, 4.69) is 15.4 Å². The van der Waals surface area contributed by atoms with Crippen LogP contribution in [-0.2, 0) is 24.8 Å². The summed E-state index contributed by atoms with van der Waals surface area (Å²) in [5, 5.41) is 6.03. The number of anilines is 1. The number of fused-ring (bicyclic) bond motifs is 1. The van der Waals surface area contributed by atoms with E-state index in [1.165, 1.54) is 22.6 Å². The Hall–Kier alpha value is -3.59. The predicted octanol–water partition coefficient (Wildman–Crippen LogP) is 2.70. The first-order chi connectivity index (χ1) is 19.5. The predicted molar refractivity (Wildman–Crippen MR) is 149 cm³/mol.